The van der Waals surface area contributed by atoms with Crippen LogP contribution in [0.1, 0.15) is 41.1 Å². The molecule has 0 unspecified atom stereocenters. The van der Waals surface area contributed by atoms with Crippen molar-refractivity contribution < 1.29 is 14.0 Å². The van der Waals surface area contributed by atoms with Crippen LogP contribution in [-0.2, 0) is 11.2 Å². The van der Waals surface area contributed by atoms with Gasteiger partial charge < -0.3 is 14.6 Å². The maximum atomic E-state index is 12.8. The molecule has 1 aliphatic rings. The lowest BCUT2D eigenvalue weighted by molar-refractivity contribution is -0.116. The van der Waals surface area contributed by atoms with Crippen molar-refractivity contribution in [1.82, 2.24) is 0 Å². The summed E-state index contributed by atoms with van der Waals surface area (Å²) in [6, 6.07) is 11.7. The van der Waals surface area contributed by atoms with Crippen LogP contribution in [0, 0.1) is 13.8 Å². The van der Waals surface area contributed by atoms with Gasteiger partial charge >= 0.3 is 0 Å². The van der Waals surface area contributed by atoms with E-state index in [1.807, 2.05) is 57.2 Å². The number of anilines is 2. The fourth-order valence-corrected chi connectivity index (χ4v) is 3.98. The van der Waals surface area contributed by atoms with Gasteiger partial charge in [-0.3, -0.25) is 9.59 Å². The van der Waals surface area contributed by atoms with E-state index in [0.29, 0.717) is 11.4 Å². The third-order valence-corrected chi connectivity index (χ3v) is 5.26. The number of benzene rings is 2. The summed E-state index contributed by atoms with van der Waals surface area (Å²) >= 11 is 0. The van der Waals surface area contributed by atoms with Crippen LogP contribution in [0.2, 0.25) is 0 Å². The minimum Gasteiger partial charge on any atom is -0.450 e. The summed E-state index contributed by atoms with van der Waals surface area (Å²) in [6.07, 6.45) is 0.779. The number of carbonyl (C=O) groups excluding carboxylic acids is 2. The topological polar surface area (TPSA) is 62.6 Å². The summed E-state index contributed by atoms with van der Waals surface area (Å²) < 4.78 is 5.86. The first-order valence-corrected chi connectivity index (χ1v) is 9.09. The summed E-state index contributed by atoms with van der Waals surface area (Å²) in [5.41, 5.74) is 5.28. The average Bonchev–Trinajstić information content (AvgIpc) is 3.12. The van der Waals surface area contributed by atoms with Crippen LogP contribution in [0.15, 0.2) is 40.8 Å². The summed E-state index contributed by atoms with van der Waals surface area (Å²) in [5.74, 6) is 0.0994. The molecule has 1 atom stereocenters. The van der Waals surface area contributed by atoms with Gasteiger partial charge in [0.1, 0.15) is 5.58 Å². The molecule has 27 heavy (non-hydrogen) atoms. The van der Waals surface area contributed by atoms with E-state index in [2.05, 4.69) is 5.32 Å². The molecule has 0 saturated heterocycles. The molecule has 2 amide bonds. The number of para-hydroxylation sites is 1. The number of hydrogen-bond donors (Lipinski definition) is 1. The number of fused-ring (bicyclic) bond motifs is 2. The number of hydrogen-bond acceptors (Lipinski definition) is 3. The molecule has 5 nitrogen and oxygen atoms in total. The Balaban J connectivity index is 1.63. The van der Waals surface area contributed by atoms with Crippen molar-refractivity contribution in [2.45, 2.75) is 40.2 Å². The maximum Gasteiger partial charge on any atom is 0.291 e. The predicted molar refractivity (Wildman–Crippen MR) is 106 cm³/mol. The molecule has 4 rings (SSSR count). The lowest BCUT2D eigenvalue weighted by Gasteiger charge is -2.20. The second-order valence-electron chi connectivity index (χ2n) is 7.25. The van der Waals surface area contributed by atoms with Gasteiger partial charge in [-0.15, -0.1) is 0 Å². The van der Waals surface area contributed by atoms with Crippen LogP contribution >= 0.6 is 0 Å². The minimum atomic E-state index is -0.266. The first kappa shape index (κ1) is 17.3. The molecular weight excluding hydrogens is 340 g/mol. The summed E-state index contributed by atoms with van der Waals surface area (Å²) in [7, 11) is 0. The summed E-state index contributed by atoms with van der Waals surface area (Å²) in [5, 5.41) is 3.89. The molecule has 1 aliphatic heterocycles. The van der Waals surface area contributed by atoms with Crippen LogP contribution in [0.25, 0.3) is 11.0 Å². The van der Waals surface area contributed by atoms with E-state index >= 15 is 0 Å². The highest BCUT2D eigenvalue weighted by Gasteiger charge is 2.29. The summed E-state index contributed by atoms with van der Waals surface area (Å²) in [6.45, 7) is 7.47. The van der Waals surface area contributed by atoms with Crippen LogP contribution in [0.4, 0.5) is 11.4 Å². The molecule has 0 saturated carbocycles. The van der Waals surface area contributed by atoms with Gasteiger partial charge in [-0.25, -0.2) is 0 Å². The molecule has 138 valence electrons. The molecular formula is C22H22N2O3. The first-order valence-electron chi connectivity index (χ1n) is 9.09. The van der Waals surface area contributed by atoms with Gasteiger partial charge in [-0.1, -0.05) is 18.2 Å². The van der Waals surface area contributed by atoms with E-state index in [-0.39, 0.29) is 17.9 Å². The molecule has 5 heteroatoms. The Hall–Kier alpha value is -3.08. The van der Waals surface area contributed by atoms with Crippen LogP contribution in [-0.4, -0.2) is 17.9 Å². The number of nitrogens with zero attached hydrogens (tertiary/aromatic N) is 1. The number of furan rings is 1. The number of amides is 2. The summed E-state index contributed by atoms with van der Waals surface area (Å²) in [4.78, 5) is 26.4. The van der Waals surface area contributed by atoms with Crippen molar-refractivity contribution in [2.24, 2.45) is 0 Å². The van der Waals surface area contributed by atoms with Gasteiger partial charge in [0.25, 0.3) is 5.91 Å². The molecule has 2 aromatic carbocycles. The Morgan fingerprint density at radius 2 is 1.96 bits per heavy atom. The fourth-order valence-electron chi connectivity index (χ4n) is 3.98. The Kier molecular flexibility index (Phi) is 4.02. The zero-order valence-electron chi connectivity index (χ0n) is 15.9. The van der Waals surface area contributed by atoms with Crippen molar-refractivity contribution in [2.75, 3.05) is 10.2 Å². The number of carbonyl (C=O) groups is 2. The molecule has 1 aromatic heterocycles. The lowest BCUT2D eigenvalue weighted by atomic mass is 10.1. The van der Waals surface area contributed by atoms with Crippen molar-refractivity contribution in [3.63, 3.8) is 0 Å². The second kappa shape index (κ2) is 6.27. The van der Waals surface area contributed by atoms with E-state index in [9.17, 15) is 9.59 Å². The van der Waals surface area contributed by atoms with E-state index < -0.39 is 0 Å². The Morgan fingerprint density at radius 3 is 2.67 bits per heavy atom. The molecule has 3 aromatic rings. The van der Waals surface area contributed by atoms with E-state index in [0.717, 1.165) is 39.8 Å². The van der Waals surface area contributed by atoms with E-state index in [4.69, 9.17) is 4.42 Å². The number of rotatable bonds is 2. The smallest absolute Gasteiger partial charge is 0.291 e. The third-order valence-electron chi connectivity index (χ3n) is 5.26. The first-order chi connectivity index (χ1) is 12.9. The second-order valence-corrected chi connectivity index (χ2v) is 7.25. The average molecular weight is 362 g/mol. The van der Waals surface area contributed by atoms with E-state index in [1.54, 1.807) is 11.8 Å². The highest BCUT2D eigenvalue weighted by molar-refractivity contribution is 6.07. The zero-order valence-corrected chi connectivity index (χ0v) is 15.9. The number of nitrogens with one attached hydrogen (secondary N) is 1. The van der Waals surface area contributed by atoms with Crippen LogP contribution in [0.3, 0.4) is 0 Å². The molecule has 1 N–H and O–H groups in total. The Bertz CT molecular complexity index is 1080. The normalized spacial score (nSPS) is 15.9. The zero-order chi connectivity index (χ0) is 19.3. The third kappa shape index (κ3) is 2.79. The molecule has 2 heterocycles. The van der Waals surface area contributed by atoms with Gasteiger partial charge in [0.15, 0.2) is 5.76 Å². The lowest BCUT2D eigenvalue weighted by Crippen LogP contribution is -2.33. The maximum absolute atomic E-state index is 12.8. The molecule has 0 spiro atoms. The van der Waals surface area contributed by atoms with Gasteiger partial charge in [0, 0.05) is 35.3 Å². The standard InChI is InChI=1S/C22H22N2O3/c1-12-6-5-7-18-14(3)21(27-20(12)18)22(26)23-17-8-9-19-16(11-17)10-13(2)24(19)15(4)25/h5-9,11,13H,10H2,1-4H3,(H,23,26)/t13-/m1/s1. The van der Waals surface area contributed by atoms with Crippen molar-refractivity contribution in [3.8, 4) is 0 Å². The Labute approximate surface area is 158 Å². The molecule has 0 aliphatic carbocycles. The Morgan fingerprint density at radius 1 is 1.19 bits per heavy atom. The predicted octanol–water partition coefficient (Wildman–Crippen LogP) is 4.60. The fraction of sp³-hybridized carbons (Fsp3) is 0.273. The van der Waals surface area contributed by atoms with Crippen LogP contribution < -0.4 is 10.2 Å². The SMILES string of the molecule is CC(=O)N1c2ccc(NC(=O)c3oc4c(C)cccc4c3C)cc2C[C@H]1C. The van der Waals surface area contributed by atoms with Crippen molar-refractivity contribution in [3.05, 3.63) is 58.8 Å². The van der Waals surface area contributed by atoms with Gasteiger partial charge in [-0.2, -0.15) is 0 Å². The monoisotopic (exact) mass is 362 g/mol. The number of aryl methyl sites for hydroxylation is 2. The van der Waals surface area contributed by atoms with Crippen molar-refractivity contribution >= 4 is 34.2 Å². The molecule has 0 radical (unpaired) electrons. The highest BCUT2D eigenvalue weighted by atomic mass is 16.3. The molecule has 0 bridgehead atoms. The minimum absolute atomic E-state index is 0.0336. The molecule has 0 fully saturated rings. The van der Waals surface area contributed by atoms with Crippen molar-refractivity contribution in [1.29, 1.82) is 0 Å². The van der Waals surface area contributed by atoms with Crippen LogP contribution in [0.5, 0.6) is 0 Å². The van der Waals surface area contributed by atoms with Gasteiger partial charge in [0.2, 0.25) is 5.91 Å². The largest absolute Gasteiger partial charge is 0.450 e. The quantitative estimate of drug-likeness (QED) is 0.725. The van der Waals surface area contributed by atoms with Gasteiger partial charge in [-0.05, 0) is 56.5 Å². The highest BCUT2D eigenvalue weighted by Crippen LogP contribution is 2.34. The van der Waals surface area contributed by atoms with E-state index in [1.165, 1.54) is 0 Å². The van der Waals surface area contributed by atoms with Gasteiger partial charge in [0.05, 0.1) is 0 Å².